The van der Waals surface area contributed by atoms with Gasteiger partial charge in [0, 0.05) is 30.9 Å². The van der Waals surface area contributed by atoms with Gasteiger partial charge in [-0.15, -0.1) is 0 Å². The van der Waals surface area contributed by atoms with Crippen molar-refractivity contribution in [2.45, 2.75) is 10.9 Å². The van der Waals surface area contributed by atoms with Gasteiger partial charge in [0.25, 0.3) is 0 Å². The smallest absolute Gasteiger partial charge is 0.243 e. The zero-order valence-corrected chi connectivity index (χ0v) is 13.6. The van der Waals surface area contributed by atoms with E-state index in [1.54, 1.807) is 30.6 Å². The topological polar surface area (TPSA) is 75.2 Å². The minimum Gasteiger partial charge on any atom is -0.349 e. The summed E-state index contributed by atoms with van der Waals surface area (Å²) in [5.41, 5.74) is 0. The summed E-state index contributed by atoms with van der Waals surface area (Å²) in [7, 11) is -3.50. The summed E-state index contributed by atoms with van der Waals surface area (Å²) in [6.07, 6.45) is 3.30. The molecule has 1 aliphatic rings. The highest BCUT2D eigenvalue weighted by Crippen LogP contribution is 2.28. The van der Waals surface area contributed by atoms with Crippen molar-refractivity contribution in [1.29, 1.82) is 0 Å². The highest BCUT2D eigenvalue weighted by atomic mass is 32.2. The van der Waals surface area contributed by atoms with Gasteiger partial charge in [-0.1, -0.05) is 36.4 Å². The molecule has 0 unspecified atom stereocenters. The molecule has 0 bridgehead atoms. The lowest BCUT2D eigenvalue weighted by atomic mass is 10.1. The first-order chi connectivity index (χ1) is 11.6. The molecule has 1 N–H and O–H groups in total. The maximum Gasteiger partial charge on any atom is 0.243 e. The van der Waals surface area contributed by atoms with Crippen molar-refractivity contribution in [2.24, 2.45) is 0 Å². The van der Waals surface area contributed by atoms with Gasteiger partial charge in [-0.2, -0.15) is 4.31 Å². The summed E-state index contributed by atoms with van der Waals surface area (Å²) in [5.74, 6) is 0.518. The third-order valence-electron chi connectivity index (χ3n) is 4.11. The third kappa shape index (κ3) is 2.61. The van der Waals surface area contributed by atoms with E-state index in [1.807, 2.05) is 30.3 Å². The number of benzene rings is 2. The second-order valence-electron chi connectivity index (χ2n) is 5.71. The van der Waals surface area contributed by atoms with Gasteiger partial charge in [-0.05, 0) is 17.5 Å². The van der Waals surface area contributed by atoms with E-state index < -0.39 is 10.0 Å². The Morgan fingerprint density at radius 3 is 2.46 bits per heavy atom. The van der Waals surface area contributed by atoms with Crippen molar-refractivity contribution in [1.82, 2.24) is 14.3 Å². The van der Waals surface area contributed by atoms with Crippen LogP contribution >= 0.6 is 0 Å². The predicted octanol–water partition coefficient (Wildman–Crippen LogP) is 2.11. The molecule has 3 aromatic rings. The minimum absolute atomic E-state index is 0.0251. The highest BCUT2D eigenvalue weighted by molar-refractivity contribution is 7.89. The van der Waals surface area contributed by atoms with Crippen molar-refractivity contribution in [3.63, 3.8) is 0 Å². The van der Waals surface area contributed by atoms with E-state index in [9.17, 15) is 8.42 Å². The fourth-order valence-electron chi connectivity index (χ4n) is 2.84. The number of nitrogens with zero attached hydrogens (tertiary/aromatic N) is 3. The molecule has 122 valence electrons. The Balaban J connectivity index is 1.54. The summed E-state index contributed by atoms with van der Waals surface area (Å²) in [6, 6.07) is 14.7. The van der Waals surface area contributed by atoms with Crippen LogP contribution in [-0.2, 0) is 10.0 Å². The van der Waals surface area contributed by atoms with Gasteiger partial charge in [-0.25, -0.2) is 18.4 Å². The summed E-state index contributed by atoms with van der Waals surface area (Å²) in [4.78, 5) is 8.55. The normalized spacial score (nSPS) is 16.0. The molecule has 1 fully saturated rings. The van der Waals surface area contributed by atoms with Gasteiger partial charge in [0.15, 0.2) is 0 Å². The third-order valence-corrected chi connectivity index (χ3v) is 6.00. The number of fused-ring (bicyclic) bond motifs is 1. The first-order valence-electron chi connectivity index (χ1n) is 7.66. The molecule has 6 nitrogen and oxygen atoms in total. The molecular formula is C17H16N4O2S. The number of aromatic nitrogens is 2. The Morgan fingerprint density at radius 2 is 1.67 bits per heavy atom. The molecule has 0 saturated carbocycles. The second kappa shape index (κ2) is 5.85. The zero-order valence-electron chi connectivity index (χ0n) is 12.8. The SMILES string of the molecule is O=S(=O)(c1cccc2ccccc12)N1CC(Nc2ncccn2)C1. The quantitative estimate of drug-likeness (QED) is 0.787. The molecule has 2 heterocycles. The number of hydrogen-bond donors (Lipinski definition) is 1. The van der Waals surface area contributed by atoms with Gasteiger partial charge in [0.1, 0.15) is 0 Å². The van der Waals surface area contributed by atoms with E-state index in [0.29, 0.717) is 23.9 Å². The summed E-state index contributed by atoms with van der Waals surface area (Å²) >= 11 is 0. The van der Waals surface area contributed by atoms with E-state index >= 15 is 0 Å². The number of hydrogen-bond acceptors (Lipinski definition) is 5. The fraction of sp³-hybridized carbons (Fsp3) is 0.176. The van der Waals surface area contributed by atoms with Crippen LogP contribution in [0.2, 0.25) is 0 Å². The van der Waals surface area contributed by atoms with Gasteiger partial charge < -0.3 is 5.32 Å². The van der Waals surface area contributed by atoms with Crippen LogP contribution in [0.15, 0.2) is 65.8 Å². The Hall–Kier alpha value is -2.51. The number of sulfonamides is 1. The Kier molecular flexibility index (Phi) is 3.66. The minimum atomic E-state index is -3.50. The fourth-order valence-corrected chi connectivity index (χ4v) is 4.59. The van der Waals surface area contributed by atoms with Crippen LogP contribution in [0.4, 0.5) is 5.95 Å². The first kappa shape index (κ1) is 15.0. The lowest BCUT2D eigenvalue weighted by molar-refractivity contribution is 0.280. The molecule has 1 aromatic heterocycles. The standard InChI is InChI=1S/C17H16N4O2S/c22-24(23,16-8-3-6-13-5-1-2-7-15(13)16)21-11-14(12-21)20-17-18-9-4-10-19-17/h1-10,14H,11-12H2,(H,18,19,20). The molecule has 0 radical (unpaired) electrons. The predicted molar refractivity (Wildman–Crippen MR) is 92.1 cm³/mol. The average Bonchev–Trinajstić information content (AvgIpc) is 2.58. The van der Waals surface area contributed by atoms with Crippen LogP contribution in [0, 0.1) is 0 Å². The van der Waals surface area contributed by atoms with E-state index in [2.05, 4.69) is 15.3 Å². The van der Waals surface area contributed by atoms with E-state index in [4.69, 9.17) is 0 Å². The van der Waals surface area contributed by atoms with Crippen molar-refractivity contribution in [3.8, 4) is 0 Å². The van der Waals surface area contributed by atoms with E-state index in [1.165, 1.54) is 4.31 Å². The van der Waals surface area contributed by atoms with Crippen molar-refractivity contribution in [2.75, 3.05) is 18.4 Å². The molecular weight excluding hydrogens is 324 g/mol. The lowest BCUT2D eigenvalue weighted by Crippen LogP contribution is -2.56. The van der Waals surface area contributed by atoms with Crippen LogP contribution in [-0.4, -0.2) is 41.8 Å². The summed E-state index contributed by atoms with van der Waals surface area (Å²) < 4.78 is 27.3. The monoisotopic (exact) mass is 340 g/mol. The zero-order chi connectivity index (χ0) is 16.6. The van der Waals surface area contributed by atoms with Crippen LogP contribution in [0.5, 0.6) is 0 Å². The molecule has 0 amide bonds. The van der Waals surface area contributed by atoms with E-state index in [0.717, 1.165) is 10.8 Å². The number of nitrogens with one attached hydrogen (secondary N) is 1. The number of rotatable bonds is 4. The molecule has 0 spiro atoms. The molecule has 2 aromatic carbocycles. The average molecular weight is 340 g/mol. The molecule has 0 atom stereocenters. The largest absolute Gasteiger partial charge is 0.349 e. The Bertz CT molecular complexity index is 965. The molecule has 4 rings (SSSR count). The van der Waals surface area contributed by atoms with Crippen LogP contribution in [0.1, 0.15) is 0 Å². The maximum atomic E-state index is 12.9. The van der Waals surface area contributed by atoms with Crippen molar-refractivity contribution >= 4 is 26.7 Å². The molecule has 1 saturated heterocycles. The highest BCUT2D eigenvalue weighted by Gasteiger charge is 2.37. The van der Waals surface area contributed by atoms with Gasteiger partial charge in [0.05, 0.1) is 10.9 Å². The first-order valence-corrected chi connectivity index (χ1v) is 9.10. The summed E-state index contributed by atoms with van der Waals surface area (Å²) in [6.45, 7) is 0.813. The summed E-state index contributed by atoms with van der Waals surface area (Å²) in [5, 5.41) is 4.82. The van der Waals surface area contributed by atoms with Crippen LogP contribution < -0.4 is 5.32 Å². The van der Waals surface area contributed by atoms with E-state index in [-0.39, 0.29) is 6.04 Å². The van der Waals surface area contributed by atoms with Crippen LogP contribution in [0.25, 0.3) is 10.8 Å². The Morgan fingerprint density at radius 1 is 0.958 bits per heavy atom. The van der Waals surface area contributed by atoms with Crippen molar-refractivity contribution in [3.05, 3.63) is 60.9 Å². The van der Waals surface area contributed by atoms with Crippen LogP contribution in [0.3, 0.4) is 0 Å². The Labute approximate surface area is 140 Å². The molecule has 1 aliphatic heterocycles. The molecule has 7 heteroatoms. The van der Waals surface area contributed by atoms with Gasteiger partial charge in [0.2, 0.25) is 16.0 Å². The molecule has 24 heavy (non-hydrogen) atoms. The maximum absolute atomic E-state index is 12.9. The number of anilines is 1. The van der Waals surface area contributed by atoms with Gasteiger partial charge in [-0.3, -0.25) is 0 Å². The lowest BCUT2D eigenvalue weighted by Gasteiger charge is -2.38. The molecule has 0 aliphatic carbocycles. The van der Waals surface area contributed by atoms with Gasteiger partial charge >= 0.3 is 0 Å². The second-order valence-corrected chi connectivity index (χ2v) is 7.62. The van der Waals surface area contributed by atoms with Crippen molar-refractivity contribution < 1.29 is 8.42 Å².